The molecule has 0 radical (unpaired) electrons. The Morgan fingerprint density at radius 1 is 1.15 bits per heavy atom. The van der Waals surface area contributed by atoms with E-state index in [4.69, 9.17) is 5.11 Å². The van der Waals surface area contributed by atoms with Gasteiger partial charge in [-0.3, -0.25) is 4.99 Å². The lowest BCUT2D eigenvalue weighted by Gasteiger charge is -2.17. The predicted octanol–water partition coefficient (Wildman–Crippen LogP) is 4.75. The first-order valence-corrected chi connectivity index (χ1v) is 12.5. The summed E-state index contributed by atoms with van der Waals surface area (Å²) >= 11 is 1.57. The maximum atomic E-state index is 7.00. The number of aromatic nitrogens is 2. The van der Waals surface area contributed by atoms with Gasteiger partial charge in [-0.1, -0.05) is 26.8 Å². The number of hydrogen-bond acceptors (Lipinski definition) is 8. The summed E-state index contributed by atoms with van der Waals surface area (Å²) in [4.78, 5) is 15.1. The van der Waals surface area contributed by atoms with Crippen molar-refractivity contribution in [2.75, 3.05) is 51.4 Å². The molecule has 3 N–H and O–H groups in total. The van der Waals surface area contributed by atoms with E-state index >= 15 is 0 Å². The van der Waals surface area contributed by atoms with Gasteiger partial charge in [0.1, 0.15) is 0 Å². The summed E-state index contributed by atoms with van der Waals surface area (Å²) in [6.07, 6.45) is 3.69. The number of rotatable bonds is 11. The standard InChI is InChI=1S/C16H18N4S.C8H20N2.CH4O/c1-11-7-12(2)9-13(8-11)19-16-18-6-5-14(20-16)15(17-3)10-21-4;1-4-9-7-8-10(5-2)6-3;1-2/h5-10H,3H2,1-2,4H3,(H,18,19,20);9H,4-8H2,1-3H3;2H,1H3/b15-10-;;. The van der Waals surface area contributed by atoms with Crippen LogP contribution < -0.4 is 10.6 Å². The normalized spacial score (nSPS) is 10.6. The van der Waals surface area contributed by atoms with E-state index in [0.29, 0.717) is 5.95 Å². The van der Waals surface area contributed by atoms with Gasteiger partial charge in [-0.15, -0.1) is 11.8 Å². The zero-order valence-corrected chi connectivity index (χ0v) is 22.2. The summed E-state index contributed by atoms with van der Waals surface area (Å²) in [7, 11) is 1.00. The van der Waals surface area contributed by atoms with E-state index < -0.39 is 0 Å². The van der Waals surface area contributed by atoms with Gasteiger partial charge >= 0.3 is 0 Å². The highest BCUT2D eigenvalue weighted by molar-refractivity contribution is 8.01. The summed E-state index contributed by atoms with van der Waals surface area (Å²) in [5.74, 6) is 0.549. The monoisotopic (exact) mass is 474 g/mol. The van der Waals surface area contributed by atoms with Gasteiger partial charge in [0.05, 0.1) is 11.4 Å². The molecule has 7 nitrogen and oxygen atoms in total. The van der Waals surface area contributed by atoms with Crippen LogP contribution in [0.25, 0.3) is 5.70 Å². The summed E-state index contributed by atoms with van der Waals surface area (Å²) in [5, 5.41) is 15.4. The number of anilines is 2. The van der Waals surface area contributed by atoms with Crippen molar-refractivity contribution in [2.45, 2.75) is 34.6 Å². The van der Waals surface area contributed by atoms with Crippen molar-refractivity contribution in [1.29, 1.82) is 0 Å². The molecular formula is C25H42N6OS. The van der Waals surface area contributed by atoms with Crippen LogP contribution in [0, 0.1) is 13.8 Å². The zero-order chi connectivity index (χ0) is 25.1. The smallest absolute Gasteiger partial charge is 0.227 e. The maximum Gasteiger partial charge on any atom is 0.227 e. The van der Waals surface area contributed by atoms with E-state index in [-0.39, 0.29) is 0 Å². The van der Waals surface area contributed by atoms with Crippen molar-refractivity contribution < 1.29 is 5.11 Å². The van der Waals surface area contributed by atoms with Crippen molar-refractivity contribution in [1.82, 2.24) is 20.2 Å². The molecule has 0 unspecified atom stereocenters. The van der Waals surface area contributed by atoms with Gasteiger partial charge in [0.25, 0.3) is 0 Å². The topological polar surface area (TPSA) is 85.7 Å². The van der Waals surface area contributed by atoms with Gasteiger partial charge in [-0.2, -0.15) is 0 Å². The average Bonchev–Trinajstić information content (AvgIpc) is 2.81. The lowest BCUT2D eigenvalue weighted by Crippen LogP contribution is -2.31. The molecule has 2 aromatic rings. The summed E-state index contributed by atoms with van der Waals surface area (Å²) in [6, 6.07) is 8.08. The summed E-state index contributed by atoms with van der Waals surface area (Å²) in [6.45, 7) is 20.0. The summed E-state index contributed by atoms with van der Waals surface area (Å²) in [5.41, 5.74) is 4.87. The number of thioether (sulfide) groups is 1. The van der Waals surface area contributed by atoms with Crippen LogP contribution in [0.2, 0.25) is 0 Å². The first-order valence-electron chi connectivity index (χ1n) is 11.2. The molecule has 0 spiro atoms. The molecule has 184 valence electrons. The highest BCUT2D eigenvalue weighted by atomic mass is 32.2. The first-order chi connectivity index (χ1) is 16.0. The third kappa shape index (κ3) is 13.1. The lowest BCUT2D eigenvalue weighted by molar-refractivity contribution is 0.303. The van der Waals surface area contributed by atoms with Crippen LogP contribution in [0.1, 0.15) is 37.6 Å². The Balaban J connectivity index is 0.000000722. The van der Waals surface area contributed by atoms with E-state index in [1.165, 1.54) is 30.8 Å². The van der Waals surface area contributed by atoms with Crippen LogP contribution in [-0.4, -0.2) is 72.8 Å². The number of nitrogens with one attached hydrogen (secondary N) is 2. The fourth-order valence-electron chi connectivity index (χ4n) is 2.98. The molecular weight excluding hydrogens is 432 g/mol. The van der Waals surface area contributed by atoms with Crippen LogP contribution in [0.3, 0.4) is 0 Å². The number of aryl methyl sites for hydroxylation is 2. The molecule has 33 heavy (non-hydrogen) atoms. The molecule has 0 aliphatic rings. The van der Waals surface area contributed by atoms with E-state index in [9.17, 15) is 0 Å². The minimum atomic E-state index is 0.549. The average molecular weight is 475 g/mol. The largest absolute Gasteiger partial charge is 0.400 e. The molecule has 0 saturated heterocycles. The second kappa shape index (κ2) is 19.2. The van der Waals surface area contributed by atoms with E-state index in [2.05, 4.69) is 90.0 Å². The van der Waals surface area contributed by atoms with Crippen molar-refractivity contribution >= 4 is 35.8 Å². The van der Waals surface area contributed by atoms with Crippen LogP contribution in [0.15, 0.2) is 40.9 Å². The molecule has 0 atom stereocenters. The highest BCUT2D eigenvalue weighted by Gasteiger charge is 2.04. The SMILES string of the molecule is C=N/C(=C\SC)c1ccnc(Nc2cc(C)cc(C)c2)n1.CCNCCN(CC)CC.CO. The molecule has 8 heteroatoms. The minimum absolute atomic E-state index is 0.549. The van der Waals surface area contributed by atoms with Crippen LogP contribution in [0.4, 0.5) is 11.6 Å². The van der Waals surface area contributed by atoms with Crippen LogP contribution >= 0.6 is 11.8 Å². The van der Waals surface area contributed by atoms with Crippen LogP contribution in [0.5, 0.6) is 0 Å². The third-order valence-electron chi connectivity index (χ3n) is 4.54. The Morgan fingerprint density at radius 3 is 2.30 bits per heavy atom. The van der Waals surface area contributed by atoms with E-state index in [1.807, 2.05) is 17.7 Å². The highest BCUT2D eigenvalue weighted by Crippen LogP contribution is 2.20. The molecule has 1 aromatic carbocycles. The van der Waals surface area contributed by atoms with Crippen molar-refractivity contribution in [3.8, 4) is 0 Å². The molecule has 0 bridgehead atoms. The number of nitrogens with zero attached hydrogens (tertiary/aromatic N) is 4. The molecule has 1 heterocycles. The number of aliphatic imine (C=N–C) groups is 1. The molecule has 1 aromatic heterocycles. The molecule has 0 aliphatic carbocycles. The van der Waals surface area contributed by atoms with Gasteiger partial charge in [-0.05, 0) is 81.2 Å². The Bertz CT molecular complexity index is 804. The number of aliphatic hydroxyl groups is 1. The molecule has 0 fully saturated rings. The van der Waals surface area contributed by atoms with Gasteiger partial charge in [0.2, 0.25) is 5.95 Å². The second-order valence-corrected chi connectivity index (χ2v) is 7.75. The number of benzene rings is 1. The van der Waals surface area contributed by atoms with Gasteiger partial charge in [0.15, 0.2) is 0 Å². The van der Waals surface area contributed by atoms with Crippen LogP contribution in [-0.2, 0) is 0 Å². The van der Waals surface area contributed by atoms with Gasteiger partial charge in [0, 0.05) is 32.1 Å². The van der Waals surface area contributed by atoms with Crippen molar-refractivity contribution in [2.24, 2.45) is 4.99 Å². The predicted molar refractivity (Wildman–Crippen MR) is 147 cm³/mol. The molecule has 0 aliphatic heterocycles. The Kier molecular flexibility index (Phi) is 17.9. The second-order valence-electron chi connectivity index (χ2n) is 7.04. The molecule has 0 amide bonds. The number of aliphatic hydroxyl groups excluding tert-OH is 1. The van der Waals surface area contributed by atoms with Gasteiger partial charge in [-0.25, -0.2) is 9.97 Å². The summed E-state index contributed by atoms with van der Waals surface area (Å²) < 4.78 is 0. The lowest BCUT2D eigenvalue weighted by atomic mass is 10.1. The zero-order valence-electron chi connectivity index (χ0n) is 21.4. The van der Waals surface area contributed by atoms with E-state index in [1.54, 1.807) is 18.0 Å². The Labute approximate surface area is 204 Å². The Hall–Kier alpha value is -2.26. The minimum Gasteiger partial charge on any atom is -0.400 e. The number of hydrogen-bond donors (Lipinski definition) is 3. The van der Waals surface area contributed by atoms with Gasteiger partial charge < -0.3 is 20.6 Å². The maximum absolute atomic E-state index is 7.00. The van der Waals surface area contributed by atoms with E-state index in [0.717, 1.165) is 37.3 Å². The number of likely N-dealkylation sites (N-methyl/N-ethyl adjacent to an activating group) is 2. The molecule has 2 rings (SSSR count). The fraction of sp³-hybridized carbons (Fsp3) is 0.480. The fourth-order valence-corrected chi connectivity index (χ4v) is 3.40. The van der Waals surface area contributed by atoms with Crippen molar-refractivity contribution in [3.05, 3.63) is 52.7 Å². The quantitative estimate of drug-likeness (QED) is 0.320. The molecule has 0 saturated carbocycles. The third-order valence-corrected chi connectivity index (χ3v) is 5.00. The first kappa shape index (κ1) is 30.7. The van der Waals surface area contributed by atoms with Crippen molar-refractivity contribution in [3.63, 3.8) is 0 Å². The Morgan fingerprint density at radius 2 is 1.79 bits per heavy atom.